The Labute approximate surface area is 140 Å². The Kier molecular flexibility index (Phi) is 3.68. The van der Waals surface area contributed by atoms with Crippen LogP contribution in [0.25, 0.3) is 11.2 Å². The van der Waals surface area contributed by atoms with E-state index < -0.39 is 0 Å². The summed E-state index contributed by atoms with van der Waals surface area (Å²) in [4.78, 5) is 18.7. The van der Waals surface area contributed by atoms with Crippen LogP contribution in [0.1, 0.15) is 35.8 Å². The van der Waals surface area contributed by atoms with E-state index in [4.69, 9.17) is 5.73 Å². The second-order valence-corrected chi connectivity index (χ2v) is 6.53. The smallest absolute Gasteiger partial charge is 0.183 e. The minimum absolute atomic E-state index is 0.347. The van der Waals surface area contributed by atoms with E-state index in [1.165, 1.54) is 5.56 Å². The van der Waals surface area contributed by atoms with Crippen molar-refractivity contribution in [1.82, 2.24) is 34.6 Å². The van der Waals surface area contributed by atoms with Gasteiger partial charge in [0.2, 0.25) is 0 Å². The normalized spacial score (nSPS) is 16.9. The Hall–Kier alpha value is -2.48. The number of hydrogen-bond acceptors (Lipinski definition) is 6. The Morgan fingerprint density at radius 1 is 1.29 bits per heavy atom. The molecule has 4 rings (SSSR count). The molecule has 24 heavy (non-hydrogen) atoms. The molecule has 8 nitrogen and oxygen atoms in total. The fourth-order valence-corrected chi connectivity index (χ4v) is 3.45. The number of rotatable bonds is 3. The fraction of sp³-hybridized carbons (Fsp3) is 0.500. The molecule has 4 heterocycles. The number of fused-ring (bicyclic) bond motifs is 1. The van der Waals surface area contributed by atoms with Crippen LogP contribution in [0.4, 0.5) is 5.82 Å². The number of piperidine rings is 1. The van der Waals surface area contributed by atoms with E-state index in [1.54, 1.807) is 6.33 Å². The van der Waals surface area contributed by atoms with Crippen LogP contribution in [0.2, 0.25) is 0 Å². The van der Waals surface area contributed by atoms with Crippen molar-refractivity contribution in [2.45, 2.75) is 32.2 Å². The van der Waals surface area contributed by atoms with Gasteiger partial charge in [-0.1, -0.05) is 0 Å². The zero-order chi connectivity index (χ0) is 16.7. The maximum Gasteiger partial charge on any atom is 0.183 e. The number of imidazole rings is 1. The highest BCUT2D eigenvalue weighted by atomic mass is 15.3. The average molecular weight is 326 g/mol. The van der Waals surface area contributed by atoms with Crippen molar-refractivity contribution in [3.63, 3.8) is 0 Å². The van der Waals surface area contributed by atoms with Crippen LogP contribution in [0.3, 0.4) is 0 Å². The quantitative estimate of drug-likeness (QED) is 0.753. The molecule has 0 radical (unpaired) electrons. The van der Waals surface area contributed by atoms with E-state index in [0.717, 1.165) is 49.5 Å². The zero-order valence-corrected chi connectivity index (χ0v) is 14.0. The first kappa shape index (κ1) is 15.1. The van der Waals surface area contributed by atoms with Gasteiger partial charge in [0.15, 0.2) is 11.5 Å². The van der Waals surface area contributed by atoms with Crippen molar-refractivity contribution < 1.29 is 0 Å². The predicted octanol–water partition coefficient (Wildman–Crippen LogP) is 1.36. The number of likely N-dealkylation sites (tertiary alicyclic amines) is 1. The van der Waals surface area contributed by atoms with E-state index in [9.17, 15) is 0 Å². The first-order valence-electron chi connectivity index (χ1n) is 8.28. The lowest BCUT2D eigenvalue weighted by molar-refractivity contribution is 0.201. The molecule has 0 saturated carbocycles. The van der Waals surface area contributed by atoms with Crippen molar-refractivity contribution in [1.29, 1.82) is 0 Å². The van der Waals surface area contributed by atoms with Gasteiger partial charge >= 0.3 is 0 Å². The number of anilines is 1. The number of nitrogen functional groups attached to an aromatic ring is 1. The van der Waals surface area contributed by atoms with Gasteiger partial charge in [-0.3, -0.25) is 9.58 Å². The summed E-state index contributed by atoms with van der Waals surface area (Å²) in [5.41, 5.74) is 9.81. The number of hydrogen-bond donors (Lipinski definition) is 2. The first-order valence-corrected chi connectivity index (χ1v) is 8.28. The van der Waals surface area contributed by atoms with Crippen LogP contribution in [0.15, 0.2) is 12.5 Å². The molecule has 0 amide bonds. The lowest BCUT2D eigenvalue weighted by Crippen LogP contribution is -2.33. The predicted molar refractivity (Wildman–Crippen MR) is 91.3 cm³/mol. The van der Waals surface area contributed by atoms with E-state index in [0.29, 0.717) is 17.4 Å². The third-order valence-electron chi connectivity index (χ3n) is 4.79. The molecule has 0 bridgehead atoms. The van der Waals surface area contributed by atoms with Gasteiger partial charge in [0, 0.05) is 31.3 Å². The summed E-state index contributed by atoms with van der Waals surface area (Å²) in [5.74, 6) is 1.66. The van der Waals surface area contributed by atoms with Crippen molar-refractivity contribution in [3.8, 4) is 0 Å². The molecule has 1 fully saturated rings. The molecule has 0 aliphatic carbocycles. The van der Waals surface area contributed by atoms with Crippen molar-refractivity contribution >= 4 is 17.0 Å². The van der Waals surface area contributed by atoms with Gasteiger partial charge < -0.3 is 10.7 Å². The van der Waals surface area contributed by atoms with Gasteiger partial charge in [0.05, 0.1) is 12.0 Å². The van der Waals surface area contributed by atoms with Crippen molar-refractivity contribution in [3.05, 3.63) is 29.6 Å². The van der Waals surface area contributed by atoms with Crippen molar-refractivity contribution in [2.24, 2.45) is 7.05 Å². The third-order valence-corrected chi connectivity index (χ3v) is 4.79. The average Bonchev–Trinajstić information content (AvgIpc) is 3.15. The molecule has 0 unspecified atom stereocenters. The number of aromatic nitrogens is 6. The van der Waals surface area contributed by atoms with E-state index >= 15 is 0 Å². The molecule has 1 aliphatic rings. The standard InChI is InChI=1S/C16H22N8/c1-10-12(7-23(2)22-10)8-24-5-3-11(4-6-24)15-20-14(17)13-16(21-15)19-9-18-13/h7,9,11H,3-6,8H2,1-2H3,(H3,17,18,19,20,21). The summed E-state index contributed by atoms with van der Waals surface area (Å²) in [7, 11) is 1.97. The lowest BCUT2D eigenvalue weighted by Gasteiger charge is -2.31. The highest BCUT2D eigenvalue weighted by molar-refractivity contribution is 5.80. The molecular formula is C16H22N8. The number of H-pyrrole nitrogens is 1. The summed E-state index contributed by atoms with van der Waals surface area (Å²) < 4.78 is 1.88. The molecular weight excluding hydrogens is 304 g/mol. The van der Waals surface area contributed by atoms with Crippen LogP contribution < -0.4 is 5.73 Å². The SMILES string of the molecule is Cc1nn(C)cc1CN1CCC(c2nc(N)c3[nH]cnc3n2)CC1. The molecule has 3 aromatic rings. The second kappa shape index (κ2) is 5.86. The van der Waals surface area contributed by atoms with Gasteiger partial charge in [-0.25, -0.2) is 15.0 Å². The number of nitrogens with one attached hydrogen (secondary N) is 1. The number of aryl methyl sites for hydroxylation is 2. The summed E-state index contributed by atoms with van der Waals surface area (Å²) >= 11 is 0. The monoisotopic (exact) mass is 326 g/mol. The minimum Gasteiger partial charge on any atom is -0.382 e. The summed E-state index contributed by atoms with van der Waals surface area (Å²) in [5, 5.41) is 4.42. The lowest BCUT2D eigenvalue weighted by atomic mass is 9.95. The molecule has 8 heteroatoms. The molecule has 1 aliphatic heterocycles. The molecule has 126 valence electrons. The van der Waals surface area contributed by atoms with E-state index in [2.05, 4.69) is 43.1 Å². The van der Waals surface area contributed by atoms with E-state index in [1.807, 2.05) is 11.7 Å². The van der Waals surface area contributed by atoms with Gasteiger partial charge in [-0.05, 0) is 32.9 Å². The number of aromatic amines is 1. The van der Waals surface area contributed by atoms with Crippen LogP contribution in [-0.4, -0.2) is 47.7 Å². The minimum atomic E-state index is 0.347. The topological polar surface area (TPSA) is 102 Å². The number of nitrogens with two attached hydrogens (primary N) is 1. The first-order chi connectivity index (χ1) is 11.6. The Balaban J connectivity index is 1.44. The maximum absolute atomic E-state index is 6.01. The molecule has 0 aromatic carbocycles. The molecule has 1 saturated heterocycles. The third kappa shape index (κ3) is 2.73. The second-order valence-electron chi connectivity index (χ2n) is 6.53. The molecule has 3 aromatic heterocycles. The Bertz CT molecular complexity index is 856. The summed E-state index contributed by atoms with van der Waals surface area (Å²) in [6, 6.07) is 0. The molecule has 3 N–H and O–H groups in total. The zero-order valence-electron chi connectivity index (χ0n) is 14.0. The highest BCUT2D eigenvalue weighted by Crippen LogP contribution is 2.28. The summed E-state index contributed by atoms with van der Waals surface area (Å²) in [6.45, 7) is 5.08. The van der Waals surface area contributed by atoms with Crippen LogP contribution >= 0.6 is 0 Å². The summed E-state index contributed by atoms with van der Waals surface area (Å²) in [6.07, 6.45) is 5.79. The van der Waals surface area contributed by atoms with Crippen LogP contribution in [0.5, 0.6) is 0 Å². The Morgan fingerprint density at radius 2 is 2.08 bits per heavy atom. The molecule has 0 spiro atoms. The van der Waals surface area contributed by atoms with Crippen LogP contribution in [-0.2, 0) is 13.6 Å². The van der Waals surface area contributed by atoms with Gasteiger partial charge in [-0.2, -0.15) is 5.10 Å². The number of nitrogens with zero attached hydrogens (tertiary/aromatic N) is 6. The van der Waals surface area contributed by atoms with Crippen molar-refractivity contribution in [2.75, 3.05) is 18.8 Å². The molecule has 0 atom stereocenters. The van der Waals surface area contributed by atoms with Gasteiger partial charge in [0.1, 0.15) is 11.3 Å². The van der Waals surface area contributed by atoms with Crippen LogP contribution in [0, 0.1) is 6.92 Å². The largest absolute Gasteiger partial charge is 0.382 e. The van der Waals surface area contributed by atoms with E-state index in [-0.39, 0.29) is 0 Å². The maximum atomic E-state index is 6.01. The Morgan fingerprint density at radius 3 is 2.79 bits per heavy atom. The highest BCUT2D eigenvalue weighted by Gasteiger charge is 2.24. The fourth-order valence-electron chi connectivity index (χ4n) is 3.45. The van der Waals surface area contributed by atoms with Gasteiger partial charge in [0.25, 0.3) is 0 Å². The van der Waals surface area contributed by atoms with Gasteiger partial charge in [-0.15, -0.1) is 0 Å².